The van der Waals surface area contributed by atoms with Crippen molar-refractivity contribution in [3.8, 4) is 29.6 Å². The molecule has 0 aliphatic carbocycles. The number of amides is 2. The van der Waals surface area contributed by atoms with Gasteiger partial charge in [0.05, 0.1) is 18.3 Å². The number of ether oxygens (including phenoxy) is 3. The van der Waals surface area contributed by atoms with Gasteiger partial charge in [0.2, 0.25) is 0 Å². The predicted molar refractivity (Wildman–Crippen MR) is 141 cm³/mol. The van der Waals surface area contributed by atoms with E-state index in [0.29, 0.717) is 34.3 Å². The molecule has 0 aliphatic rings. The van der Waals surface area contributed by atoms with Gasteiger partial charge in [0.1, 0.15) is 18.4 Å². The molecule has 0 aliphatic heterocycles. The Morgan fingerprint density at radius 1 is 1.08 bits per heavy atom. The van der Waals surface area contributed by atoms with Crippen LogP contribution in [0.1, 0.15) is 32.8 Å². The first-order chi connectivity index (χ1) is 17.1. The van der Waals surface area contributed by atoms with Crippen LogP contribution >= 0.6 is 23.2 Å². The summed E-state index contributed by atoms with van der Waals surface area (Å²) in [7, 11) is 1.51. The summed E-state index contributed by atoms with van der Waals surface area (Å²) < 4.78 is 16.4. The number of carbonyl (C=O) groups is 2. The Bertz CT molecular complexity index is 1130. The molecule has 0 spiro atoms. The van der Waals surface area contributed by atoms with Gasteiger partial charge in [-0.2, -0.15) is 5.10 Å². The molecule has 0 bridgehead atoms. The molecule has 0 radical (unpaired) electrons. The van der Waals surface area contributed by atoms with Gasteiger partial charge in [-0.15, -0.1) is 6.42 Å². The van der Waals surface area contributed by atoms with E-state index in [0.717, 1.165) is 0 Å². The van der Waals surface area contributed by atoms with Crippen LogP contribution in [-0.4, -0.2) is 43.9 Å². The second-order valence-corrected chi connectivity index (χ2v) is 9.01. The van der Waals surface area contributed by atoms with Crippen LogP contribution in [0.15, 0.2) is 41.5 Å². The molecule has 0 aromatic heterocycles. The number of nitrogens with zero attached hydrogens (tertiary/aromatic N) is 1. The summed E-state index contributed by atoms with van der Waals surface area (Å²) >= 11 is 12.0. The zero-order valence-corrected chi connectivity index (χ0v) is 22.0. The third-order valence-corrected chi connectivity index (χ3v) is 5.32. The topological polar surface area (TPSA) is 98.2 Å². The van der Waals surface area contributed by atoms with E-state index < -0.39 is 24.0 Å². The van der Waals surface area contributed by atoms with Crippen LogP contribution in [0.4, 0.5) is 0 Å². The minimum absolute atomic E-state index is 0.110. The van der Waals surface area contributed by atoms with Crippen LogP contribution in [0.3, 0.4) is 0 Å². The molecular weight excluding hydrogens is 505 g/mol. The normalized spacial score (nSPS) is 12.5. The van der Waals surface area contributed by atoms with Crippen molar-refractivity contribution in [1.82, 2.24) is 10.7 Å². The molecule has 2 amide bonds. The lowest BCUT2D eigenvalue weighted by Gasteiger charge is -2.22. The van der Waals surface area contributed by atoms with Gasteiger partial charge in [0.25, 0.3) is 11.8 Å². The highest BCUT2D eigenvalue weighted by atomic mass is 35.5. The smallest absolute Gasteiger partial charge is 0.262 e. The molecule has 0 heterocycles. The number of carbonyl (C=O) groups excluding carboxylic acids is 2. The van der Waals surface area contributed by atoms with E-state index in [-0.39, 0.29) is 17.5 Å². The number of hydrazone groups is 1. The molecule has 0 saturated carbocycles. The Morgan fingerprint density at radius 3 is 2.44 bits per heavy atom. The first-order valence-corrected chi connectivity index (χ1v) is 11.9. The number of hydrogen-bond donors (Lipinski definition) is 2. The molecule has 0 unspecified atom stereocenters. The van der Waals surface area contributed by atoms with Gasteiger partial charge in [-0.05, 0) is 61.2 Å². The van der Waals surface area contributed by atoms with Gasteiger partial charge in [0.15, 0.2) is 17.6 Å². The Labute approximate surface area is 221 Å². The Kier molecular flexibility index (Phi) is 11.4. The number of terminal acetylenes is 1. The van der Waals surface area contributed by atoms with Gasteiger partial charge < -0.3 is 19.5 Å². The molecule has 36 heavy (non-hydrogen) atoms. The number of rotatable bonds is 12. The van der Waals surface area contributed by atoms with E-state index in [2.05, 4.69) is 21.8 Å². The number of halogens is 2. The van der Waals surface area contributed by atoms with Crippen LogP contribution in [0.5, 0.6) is 17.2 Å². The van der Waals surface area contributed by atoms with E-state index >= 15 is 0 Å². The average Bonchev–Trinajstić information content (AvgIpc) is 2.83. The van der Waals surface area contributed by atoms with E-state index in [1.54, 1.807) is 37.3 Å². The van der Waals surface area contributed by atoms with Crippen molar-refractivity contribution >= 4 is 41.2 Å². The fourth-order valence-corrected chi connectivity index (χ4v) is 3.51. The van der Waals surface area contributed by atoms with Gasteiger partial charge in [-0.1, -0.05) is 43.0 Å². The van der Waals surface area contributed by atoms with Crippen molar-refractivity contribution in [2.45, 2.75) is 39.3 Å². The van der Waals surface area contributed by atoms with Crippen molar-refractivity contribution in [3.05, 3.63) is 52.0 Å². The third kappa shape index (κ3) is 8.99. The highest BCUT2D eigenvalue weighted by molar-refractivity contribution is 6.35. The van der Waals surface area contributed by atoms with E-state index in [1.165, 1.54) is 19.4 Å². The first-order valence-electron chi connectivity index (χ1n) is 11.1. The molecule has 2 atom stereocenters. The van der Waals surface area contributed by atoms with Crippen molar-refractivity contribution in [1.29, 1.82) is 0 Å². The highest BCUT2D eigenvalue weighted by Gasteiger charge is 2.25. The number of benzene rings is 2. The SMILES string of the molecule is C#CCOc1ccc(/C=N\NC(=O)[C@@H](CC(C)C)NC(=O)[C@@H](C)Oc2ccc(Cl)cc2Cl)cc1OC. The predicted octanol–water partition coefficient (Wildman–Crippen LogP) is 4.46. The Morgan fingerprint density at radius 2 is 1.81 bits per heavy atom. The van der Waals surface area contributed by atoms with Crippen molar-refractivity contribution in [3.63, 3.8) is 0 Å². The molecule has 10 heteroatoms. The van der Waals surface area contributed by atoms with Crippen LogP contribution in [-0.2, 0) is 9.59 Å². The minimum Gasteiger partial charge on any atom is -0.493 e. The summed E-state index contributed by atoms with van der Waals surface area (Å²) in [5.74, 6) is 2.86. The molecule has 192 valence electrons. The zero-order valence-electron chi connectivity index (χ0n) is 20.5. The van der Waals surface area contributed by atoms with Crippen molar-refractivity contribution in [2.75, 3.05) is 13.7 Å². The third-order valence-electron chi connectivity index (χ3n) is 4.79. The van der Waals surface area contributed by atoms with Crippen LogP contribution in [0, 0.1) is 18.3 Å². The van der Waals surface area contributed by atoms with Crippen LogP contribution in [0.2, 0.25) is 10.0 Å². The number of methoxy groups -OCH3 is 1. The zero-order chi connectivity index (χ0) is 26.7. The maximum atomic E-state index is 12.8. The molecule has 2 rings (SSSR count). The second kappa shape index (κ2) is 14.2. The quantitative estimate of drug-likeness (QED) is 0.238. The maximum Gasteiger partial charge on any atom is 0.262 e. The van der Waals surface area contributed by atoms with Crippen molar-refractivity contribution < 1.29 is 23.8 Å². The molecule has 2 aromatic carbocycles. The summed E-state index contributed by atoms with van der Waals surface area (Å²) in [6, 6.07) is 8.99. The van der Waals surface area contributed by atoms with Gasteiger partial charge in [-0.3, -0.25) is 9.59 Å². The monoisotopic (exact) mass is 533 g/mol. The lowest BCUT2D eigenvalue weighted by molar-refractivity contribution is -0.132. The maximum absolute atomic E-state index is 12.8. The summed E-state index contributed by atoms with van der Waals surface area (Å²) in [5.41, 5.74) is 3.13. The lowest BCUT2D eigenvalue weighted by atomic mass is 10.0. The molecule has 2 aromatic rings. The molecule has 0 saturated heterocycles. The standard InChI is InChI=1S/C26H29Cl2N3O5/c1-6-11-35-23-9-7-18(13-24(23)34-5)15-29-31-26(33)21(12-16(2)3)30-25(32)17(4)36-22-10-8-19(27)14-20(22)28/h1,7-10,13-17,21H,11-12H2,2-5H3,(H,30,32)(H,31,33)/b29-15-/t17-,21-/m1/s1. The van der Waals surface area contributed by atoms with E-state index in [4.69, 9.17) is 43.8 Å². The highest BCUT2D eigenvalue weighted by Crippen LogP contribution is 2.29. The summed E-state index contributed by atoms with van der Waals surface area (Å²) in [6.45, 7) is 5.56. The average molecular weight is 534 g/mol. The molecular formula is C26H29Cl2N3O5. The fraction of sp³-hybridized carbons (Fsp3) is 0.346. The first kappa shape index (κ1) is 28.8. The molecule has 2 N–H and O–H groups in total. The van der Waals surface area contributed by atoms with Crippen LogP contribution < -0.4 is 25.0 Å². The summed E-state index contributed by atoms with van der Waals surface area (Å²) in [6.07, 6.45) is 6.16. The van der Waals surface area contributed by atoms with Crippen molar-refractivity contribution in [2.24, 2.45) is 11.0 Å². The fourth-order valence-electron chi connectivity index (χ4n) is 3.06. The lowest BCUT2D eigenvalue weighted by Crippen LogP contribution is -2.49. The van der Waals surface area contributed by atoms with E-state index in [1.807, 2.05) is 13.8 Å². The molecule has 0 fully saturated rings. The molecule has 8 nitrogen and oxygen atoms in total. The largest absolute Gasteiger partial charge is 0.493 e. The Balaban J connectivity index is 2.02. The minimum atomic E-state index is -0.905. The van der Waals surface area contributed by atoms with Gasteiger partial charge >= 0.3 is 0 Å². The van der Waals surface area contributed by atoms with Gasteiger partial charge in [-0.25, -0.2) is 5.43 Å². The number of nitrogens with one attached hydrogen (secondary N) is 2. The van der Waals surface area contributed by atoms with Gasteiger partial charge in [0, 0.05) is 5.02 Å². The Hall–Kier alpha value is -3.41. The second-order valence-electron chi connectivity index (χ2n) is 8.16. The summed E-state index contributed by atoms with van der Waals surface area (Å²) in [4.78, 5) is 25.5. The number of hydrogen-bond acceptors (Lipinski definition) is 6. The van der Waals surface area contributed by atoms with E-state index in [9.17, 15) is 9.59 Å². The van der Waals surface area contributed by atoms with Crippen LogP contribution in [0.25, 0.3) is 0 Å². The summed E-state index contributed by atoms with van der Waals surface area (Å²) in [5, 5.41) is 7.46.